The van der Waals surface area contributed by atoms with E-state index in [1.54, 1.807) is 6.07 Å². The van der Waals surface area contributed by atoms with E-state index in [1.165, 1.54) is 18.7 Å². The van der Waals surface area contributed by atoms with E-state index in [-0.39, 0.29) is 5.91 Å². The highest BCUT2D eigenvalue weighted by molar-refractivity contribution is 6.07. The number of aromatic amines is 1. The smallest absolute Gasteiger partial charge is 0.258 e. The first-order valence-corrected chi connectivity index (χ1v) is 6.04. The van der Waals surface area contributed by atoms with Gasteiger partial charge in [0.25, 0.3) is 5.91 Å². The molecular formula is C13H12N6O. The lowest BCUT2D eigenvalue weighted by Gasteiger charge is -2.05. The van der Waals surface area contributed by atoms with Crippen molar-refractivity contribution in [3.05, 3.63) is 41.6 Å². The summed E-state index contributed by atoms with van der Waals surface area (Å²) in [6.07, 6.45) is 4.29. The van der Waals surface area contributed by atoms with Gasteiger partial charge in [-0.25, -0.2) is 9.97 Å². The second-order valence-electron chi connectivity index (χ2n) is 4.41. The van der Waals surface area contributed by atoms with Gasteiger partial charge in [0.1, 0.15) is 17.8 Å². The summed E-state index contributed by atoms with van der Waals surface area (Å²) < 4.78 is 0. The first-order chi connectivity index (χ1) is 9.66. The Morgan fingerprint density at radius 3 is 2.85 bits per heavy atom. The topological polar surface area (TPSA) is 96.5 Å². The van der Waals surface area contributed by atoms with Gasteiger partial charge in [0.15, 0.2) is 0 Å². The van der Waals surface area contributed by atoms with E-state index in [1.807, 2.05) is 13.8 Å². The Hall–Kier alpha value is -2.83. The SMILES string of the molecule is Cc1[nH]c2ncnc(NC(=O)c3ccnnc3)c2c1C. The Morgan fingerprint density at radius 2 is 2.10 bits per heavy atom. The molecule has 0 aliphatic rings. The summed E-state index contributed by atoms with van der Waals surface area (Å²) >= 11 is 0. The van der Waals surface area contributed by atoms with Crippen LogP contribution in [0.3, 0.4) is 0 Å². The number of aromatic nitrogens is 5. The van der Waals surface area contributed by atoms with Crippen LogP contribution in [0.1, 0.15) is 21.6 Å². The molecule has 2 N–H and O–H groups in total. The zero-order valence-electron chi connectivity index (χ0n) is 11.0. The van der Waals surface area contributed by atoms with E-state index in [2.05, 4.69) is 30.5 Å². The largest absolute Gasteiger partial charge is 0.343 e. The lowest BCUT2D eigenvalue weighted by Crippen LogP contribution is -2.13. The minimum absolute atomic E-state index is 0.279. The van der Waals surface area contributed by atoms with Crippen LogP contribution in [0.5, 0.6) is 0 Å². The average molecular weight is 268 g/mol. The minimum atomic E-state index is -0.279. The van der Waals surface area contributed by atoms with Gasteiger partial charge in [-0.15, -0.1) is 0 Å². The summed E-state index contributed by atoms with van der Waals surface area (Å²) in [6, 6.07) is 1.59. The highest BCUT2D eigenvalue weighted by Crippen LogP contribution is 2.25. The molecule has 1 amide bonds. The Balaban J connectivity index is 2.01. The lowest BCUT2D eigenvalue weighted by atomic mass is 10.2. The summed E-state index contributed by atoms with van der Waals surface area (Å²) in [5.41, 5.74) is 3.15. The maximum absolute atomic E-state index is 12.1. The van der Waals surface area contributed by atoms with Crippen molar-refractivity contribution in [1.29, 1.82) is 0 Å². The van der Waals surface area contributed by atoms with Crippen LogP contribution in [-0.4, -0.2) is 31.1 Å². The zero-order valence-corrected chi connectivity index (χ0v) is 11.0. The third kappa shape index (κ3) is 1.99. The van der Waals surface area contributed by atoms with Gasteiger partial charge in [-0.05, 0) is 25.5 Å². The molecule has 0 atom stereocenters. The van der Waals surface area contributed by atoms with Crippen LogP contribution in [-0.2, 0) is 0 Å². The summed E-state index contributed by atoms with van der Waals surface area (Å²) in [5.74, 6) is 0.205. The number of rotatable bonds is 2. The molecular weight excluding hydrogens is 256 g/mol. The first-order valence-electron chi connectivity index (χ1n) is 6.04. The van der Waals surface area contributed by atoms with Crippen LogP contribution in [0.25, 0.3) is 11.0 Å². The molecule has 100 valence electrons. The number of fused-ring (bicyclic) bond motifs is 1. The van der Waals surface area contributed by atoms with Crippen molar-refractivity contribution in [2.24, 2.45) is 0 Å². The van der Waals surface area contributed by atoms with Gasteiger partial charge in [-0.2, -0.15) is 10.2 Å². The molecule has 0 saturated heterocycles. The van der Waals surface area contributed by atoms with E-state index in [0.717, 1.165) is 16.6 Å². The van der Waals surface area contributed by atoms with E-state index in [9.17, 15) is 4.79 Å². The van der Waals surface area contributed by atoms with Gasteiger partial charge in [0, 0.05) is 5.69 Å². The van der Waals surface area contributed by atoms with Crippen molar-refractivity contribution < 1.29 is 4.79 Å². The number of anilines is 1. The Labute approximate surface area is 114 Å². The van der Waals surface area contributed by atoms with Gasteiger partial charge in [0.2, 0.25) is 0 Å². The molecule has 3 rings (SSSR count). The highest BCUT2D eigenvalue weighted by Gasteiger charge is 2.14. The van der Waals surface area contributed by atoms with Crippen molar-refractivity contribution in [2.45, 2.75) is 13.8 Å². The number of carbonyl (C=O) groups is 1. The summed E-state index contributed by atoms with van der Waals surface area (Å²) in [4.78, 5) is 23.6. The molecule has 0 aliphatic heterocycles. The number of carbonyl (C=O) groups excluding carboxylic acids is 1. The zero-order chi connectivity index (χ0) is 14.1. The number of nitrogens with zero attached hydrogens (tertiary/aromatic N) is 4. The number of aryl methyl sites for hydroxylation is 2. The highest BCUT2D eigenvalue weighted by atomic mass is 16.1. The van der Waals surface area contributed by atoms with Crippen molar-refractivity contribution >= 4 is 22.8 Å². The number of H-pyrrole nitrogens is 1. The molecule has 0 bridgehead atoms. The lowest BCUT2D eigenvalue weighted by molar-refractivity contribution is 0.102. The molecule has 0 spiro atoms. The maximum Gasteiger partial charge on any atom is 0.258 e. The second kappa shape index (κ2) is 4.69. The van der Waals surface area contributed by atoms with Gasteiger partial charge >= 0.3 is 0 Å². The van der Waals surface area contributed by atoms with Gasteiger partial charge in [-0.3, -0.25) is 4.79 Å². The summed E-state index contributed by atoms with van der Waals surface area (Å²) in [6.45, 7) is 3.91. The molecule has 7 heteroatoms. The van der Waals surface area contributed by atoms with Crippen molar-refractivity contribution in [3.63, 3.8) is 0 Å². The van der Waals surface area contributed by atoms with Crippen LogP contribution in [0.4, 0.5) is 5.82 Å². The van der Waals surface area contributed by atoms with E-state index >= 15 is 0 Å². The Morgan fingerprint density at radius 1 is 1.25 bits per heavy atom. The predicted octanol–water partition coefficient (Wildman–Crippen LogP) is 1.62. The average Bonchev–Trinajstić information content (AvgIpc) is 2.76. The normalized spacial score (nSPS) is 10.7. The molecule has 20 heavy (non-hydrogen) atoms. The van der Waals surface area contributed by atoms with Crippen molar-refractivity contribution in [1.82, 2.24) is 25.1 Å². The van der Waals surface area contributed by atoms with Crippen LogP contribution >= 0.6 is 0 Å². The predicted molar refractivity (Wildman–Crippen MR) is 73.3 cm³/mol. The molecule has 7 nitrogen and oxygen atoms in total. The molecule has 3 aromatic rings. The fourth-order valence-electron chi connectivity index (χ4n) is 1.99. The van der Waals surface area contributed by atoms with Crippen LogP contribution < -0.4 is 5.32 Å². The van der Waals surface area contributed by atoms with Crippen LogP contribution in [0.2, 0.25) is 0 Å². The molecule has 0 saturated carbocycles. The van der Waals surface area contributed by atoms with E-state index < -0.39 is 0 Å². The Bertz CT molecular complexity index is 780. The molecule has 0 fully saturated rings. The molecule has 3 aromatic heterocycles. The van der Waals surface area contributed by atoms with Crippen LogP contribution in [0.15, 0.2) is 24.8 Å². The molecule has 0 aromatic carbocycles. The molecule has 3 heterocycles. The molecule has 0 radical (unpaired) electrons. The fourth-order valence-corrected chi connectivity index (χ4v) is 1.99. The molecule has 0 aliphatic carbocycles. The fraction of sp³-hybridized carbons (Fsp3) is 0.154. The van der Waals surface area contributed by atoms with E-state index in [4.69, 9.17) is 0 Å². The Kier molecular flexibility index (Phi) is 2.86. The van der Waals surface area contributed by atoms with Gasteiger partial charge in [-0.1, -0.05) is 0 Å². The van der Waals surface area contributed by atoms with Crippen molar-refractivity contribution in [2.75, 3.05) is 5.32 Å². The summed E-state index contributed by atoms with van der Waals surface area (Å²) in [7, 11) is 0. The number of nitrogens with one attached hydrogen (secondary N) is 2. The molecule has 0 unspecified atom stereocenters. The van der Waals surface area contributed by atoms with Gasteiger partial charge in [0.05, 0.1) is 23.3 Å². The van der Waals surface area contributed by atoms with E-state index in [0.29, 0.717) is 17.0 Å². The number of amides is 1. The minimum Gasteiger partial charge on any atom is -0.343 e. The quantitative estimate of drug-likeness (QED) is 0.736. The number of hydrogen-bond donors (Lipinski definition) is 2. The van der Waals surface area contributed by atoms with Crippen LogP contribution in [0, 0.1) is 13.8 Å². The van der Waals surface area contributed by atoms with Crippen molar-refractivity contribution in [3.8, 4) is 0 Å². The maximum atomic E-state index is 12.1. The standard InChI is InChI=1S/C13H12N6O/c1-7-8(2)18-11-10(7)12(15-6-14-11)19-13(20)9-3-4-16-17-5-9/h3-6H,1-2H3,(H2,14,15,18,19,20). The summed E-state index contributed by atoms with van der Waals surface area (Å²) in [5, 5.41) is 10.9. The first kappa shape index (κ1) is 12.2. The van der Waals surface area contributed by atoms with Gasteiger partial charge < -0.3 is 10.3 Å². The third-order valence-electron chi connectivity index (χ3n) is 3.17. The monoisotopic (exact) mass is 268 g/mol. The third-order valence-corrected chi connectivity index (χ3v) is 3.17. The second-order valence-corrected chi connectivity index (χ2v) is 4.41. The number of hydrogen-bond acceptors (Lipinski definition) is 5.